The van der Waals surface area contributed by atoms with Gasteiger partial charge in [0.1, 0.15) is 11.1 Å². The minimum Gasteiger partial charge on any atom is -0.322 e. The van der Waals surface area contributed by atoms with Gasteiger partial charge >= 0.3 is 0 Å². The molecule has 7 nitrogen and oxygen atoms in total. The molecule has 2 aliphatic rings. The van der Waals surface area contributed by atoms with Crippen LogP contribution in [0.2, 0.25) is 20.1 Å². The van der Waals surface area contributed by atoms with Gasteiger partial charge in [-0.2, -0.15) is 0 Å². The van der Waals surface area contributed by atoms with Crippen molar-refractivity contribution in [1.29, 1.82) is 0 Å². The molecular formula is C44H29Cl4N3O4. The van der Waals surface area contributed by atoms with Gasteiger partial charge in [-0.15, -0.1) is 0 Å². The second-order valence-corrected chi connectivity index (χ2v) is 15.0. The highest BCUT2D eigenvalue weighted by Crippen LogP contribution is 2.70. The number of nitrogens with zero attached hydrogens (tertiary/aromatic N) is 2. The van der Waals surface area contributed by atoms with Crippen LogP contribution in [0.3, 0.4) is 0 Å². The van der Waals surface area contributed by atoms with Crippen molar-refractivity contribution in [3.8, 4) is 0 Å². The molecule has 11 heteroatoms. The van der Waals surface area contributed by atoms with Crippen LogP contribution in [0.25, 0.3) is 0 Å². The summed E-state index contributed by atoms with van der Waals surface area (Å²) in [4.78, 5) is 60.0. The van der Waals surface area contributed by atoms with Gasteiger partial charge in [-0.1, -0.05) is 125 Å². The molecule has 6 aromatic carbocycles. The lowest BCUT2D eigenvalue weighted by Crippen LogP contribution is -2.62. The maximum Gasteiger partial charge on any atom is 0.257 e. The second kappa shape index (κ2) is 13.7. The number of anilines is 3. The first-order chi connectivity index (χ1) is 26.4. The van der Waals surface area contributed by atoms with Gasteiger partial charge in [0.25, 0.3) is 5.91 Å². The molecule has 6 aromatic rings. The van der Waals surface area contributed by atoms with E-state index in [0.29, 0.717) is 49.4 Å². The molecule has 272 valence electrons. The van der Waals surface area contributed by atoms with Crippen LogP contribution >= 0.6 is 46.4 Å². The molecule has 3 amide bonds. The Labute approximate surface area is 337 Å². The number of rotatable bonds is 6. The van der Waals surface area contributed by atoms with Crippen molar-refractivity contribution in [1.82, 2.24) is 0 Å². The third-order valence-electron chi connectivity index (χ3n) is 10.3. The summed E-state index contributed by atoms with van der Waals surface area (Å²) in [7, 11) is 0. The van der Waals surface area contributed by atoms with Gasteiger partial charge in [0.2, 0.25) is 11.8 Å². The van der Waals surface area contributed by atoms with E-state index in [4.69, 9.17) is 46.4 Å². The summed E-state index contributed by atoms with van der Waals surface area (Å²) in [6.07, 6.45) is 0. The van der Waals surface area contributed by atoms with Crippen LogP contribution in [0.5, 0.6) is 0 Å². The first kappa shape index (κ1) is 36.5. The van der Waals surface area contributed by atoms with Crippen LogP contribution in [0.15, 0.2) is 133 Å². The Morgan fingerprint density at radius 1 is 0.527 bits per heavy atom. The SMILES string of the molecule is CC(=O)N1c2cc(NC(=O)c3ccc(Cl)cc3Cl)ccc2[C@]2(c3ccccc3)N(C(C)=O)c3cc(C(=O)c4ccc(Cl)cc4Cl)ccc3[C@]12c1ccccc1. The standard InChI is InChI=1S/C44H29Cl4N3O4/c1-25(52)50-39-21-27(41(54)33-17-14-30(45)22-37(33)47)13-19-35(39)43(28-9-5-3-6-10-28)44(50,29-11-7-4-8-12-29)36-20-16-32(24-40(36)51(43)26(2)53)49-42(55)34-18-15-31(46)23-38(34)48/h3-24H,1-2H3,(H,49,55)/t43-,44-/m0/s1. The van der Waals surface area contributed by atoms with Gasteiger partial charge in [0.05, 0.1) is 27.0 Å². The Morgan fingerprint density at radius 3 is 1.49 bits per heavy atom. The zero-order valence-electron chi connectivity index (χ0n) is 29.2. The fourth-order valence-electron chi connectivity index (χ4n) is 8.44. The number of carbonyl (C=O) groups is 4. The van der Waals surface area contributed by atoms with Crippen molar-refractivity contribution in [3.05, 3.63) is 192 Å². The molecule has 0 saturated carbocycles. The van der Waals surface area contributed by atoms with E-state index in [-0.39, 0.29) is 44.3 Å². The minimum absolute atomic E-state index is 0.182. The Bertz CT molecular complexity index is 2600. The molecule has 2 atom stereocenters. The molecule has 0 radical (unpaired) electrons. The lowest BCUT2D eigenvalue weighted by molar-refractivity contribution is -0.119. The number of halogens is 4. The lowest BCUT2D eigenvalue weighted by Gasteiger charge is -2.49. The summed E-state index contributed by atoms with van der Waals surface area (Å²) in [5.74, 6) is -1.49. The van der Waals surface area contributed by atoms with E-state index in [0.717, 1.165) is 0 Å². The van der Waals surface area contributed by atoms with Gasteiger partial charge in [0.15, 0.2) is 5.78 Å². The third-order valence-corrected chi connectivity index (χ3v) is 11.4. The maximum atomic E-state index is 14.5. The van der Waals surface area contributed by atoms with E-state index in [1.54, 1.807) is 52.3 Å². The Morgan fingerprint density at radius 2 is 1.00 bits per heavy atom. The lowest BCUT2D eigenvalue weighted by atomic mass is 9.65. The molecule has 55 heavy (non-hydrogen) atoms. The minimum atomic E-state index is -1.41. The van der Waals surface area contributed by atoms with Crippen LogP contribution in [-0.2, 0) is 20.7 Å². The molecule has 0 spiro atoms. The van der Waals surface area contributed by atoms with Crippen molar-refractivity contribution in [2.45, 2.75) is 24.9 Å². The number of carbonyl (C=O) groups excluding carboxylic acids is 4. The fraction of sp³-hybridized carbons (Fsp3) is 0.0909. The molecule has 8 rings (SSSR count). The summed E-state index contributed by atoms with van der Waals surface area (Å²) in [5.41, 5.74) is 1.92. The molecule has 0 saturated heterocycles. The molecule has 1 N–H and O–H groups in total. The van der Waals surface area contributed by atoms with E-state index < -0.39 is 17.0 Å². The highest BCUT2D eigenvalue weighted by Gasteiger charge is 2.73. The molecule has 0 aliphatic carbocycles. The first-order valence-corrected chi connectivity index (χ1v) is 18.7. The highest BCUT2D eigenvalue weighted by atomic mass is 35.5. The Balaban J connectivity index is 1.43. The summed E-state index contributed by atoms with van der Waals surface area (Å²) in [6.45, 7) is 2.95. The zero-order chi connectivity index (χ0) is 38.8. The Kier molecular flexibility index (Phi) is 9.10. The van der Waals surface area contributed by atoms with Crippen molar-refractivity contribution in [3.63, 3.8) is 0 Å². The number of hydrogen-bond donors (Lipinski definition) is 1. The van der Waals surface area contributed by atoms with Crippen LogP contribution in [0.1, 0.15) is 62.4 Å². The number of ketones is 1. The largest absolute Gasteiger partial charge is 0.322 e. The van der Waals surface area contributed by atoms with Crippen molar-refractivity contribution >= 4 is 87.0 Å². The summed E-state index contributed by atoms with van der Waals surface area (Å²) in [6, 6.07) is 38.9. The van der Waals surface area contributed by atoms with Crippen molar-refractivity contribution in [2.75, 3.05) is 15.1 Å². The van der Waals surface area contributed by atoms with Crippen LogP contribution in [-0.4, -0.2) is 23.5 Å². The smallest absolute Gasteiger partial charge is 0.257 e. The predicted molar refractivity (Wildman–Crippen MR) is 218 cm³/mol. The molecule has 2 aliphatic heterocycles. The van der Waals surface area contributed by atoms with E-state index >= 15 is 0 Å². The van der Waals surface area contributed by atoms with Gasteiger partial charge in [-0.05, 0) is 65.7 Å². The molecule has 2 heterocycles. The zero-order valence-corrected chi connectivity index (χ0v) is 32.3. The van der Waals surface area contributed by atoms with Crippen LogP contribution in [0, 0.1) is 0 Å². The highest BCUT2D eigenvalue weighted by molar-refractivity contribution is 6.38. The molecule has 0 fully saturated rings. The van der Waals surface area contributed by atoms with Gasteiger partial charge in [0, 0.05) is 51.8 Å². The predicted octanol–water partition coefficient (Wildman–Crippen LogP) is 10.7. The van der Waals surface area contributed by atoms with E-state index in [1.165, 1.54) is 32.0 Å². The van der Waals surface area contributed by atoms with Crippen molar-refractivity contribution in [2.24, 2.45) is 0 Å². The van der Waals surface area contributed by atoms with E-state index in [2.05, 4.69) is 5.32 Å². The van der Waals surface area contributed by atoms with Gasteiger partial charge in [-0.3, -0.25) is 29.0 Å². The Hall–Kier alpha value is -5.44. The fourth-order valence-corrected chi connectivity index (χ4v) is 9.43. The number of nitrogens with one attached hydrogen (secondary N) is 1. The summed E-state index contributed by atoms with van der Waals surface area (Å²) in [5, 5.41) is 4.09. The molecule has 0 aromatic heterocycles. The molecule has 0 unspecified atom stereocenters. The monoisotopic (exact) mass is 803 g/mol. The van der Waals surface area contributed by atoms with Crippen LogP contribution in [0.4, 0.5) is 17.1 Å². The average Bonchev–Trinajstić information content (AvgIpc) is 3.58. The molecule has 0 bridgehead atoms. The molecular weight excluding hydrogens is 776 g/mol. The normalized spacial score (nSPS) is 18.0. The van der Waals surface area contributed by atoms with E-state index in [9.17, 15) is 19.2 Å². The maximum absolute atomic E-state index is 14.5. The number of benzene rings is 6. The number of amides is 3. The summed E-state index contributed by atoms with van der Waals surface area (Å²) < 4.78 is 0. The van der Waals surface area contributed by atoms with Crippen molar-refractivity contribution < 1.29 is 19.2 Å². The first-order valence-electron chi connectivity index (χ1n) is 17.2. The third kappa shape index (κ3) is 5.40. The van der Waals surface area contributed by atoms with Crippen LogP contribution < -0.4 is 15.1 Å². The topological polar surface area (TPSA) is 86.8 Å². The second-order valence-electron chi connectivity index (χ2n) is 13.4. The van der Waals surface area contributed by atoms with Gasteiger partial charge in [-0.25, -0.2) is 0 Å². The number of fused-ring (bicyclic) bond motifs is 5. The van der Waals surface area contributed by atoms with E-state index in [1.807, 2.05) is 72.8 Å². The van der Waals surface area contributed by atoms with Gasteiger partial charge < -0.3 is 5.32 Å². The number of hydrogen-bond acceptors (Lipinski definition) is 4. The quantitative estimate of drug-likeness (QED) is 0.170. The summed E-state index contributed by atoms with van der Waals surface area (Å²) >= 11 is 25.1. The average molecular weight is 806 g/mol.